The summed E-state index contributed by atoms with van der Waals surface area (Å²) in [5.41, 5.74) is 1.06. The van der Waals surface area contributed by atoms with E-state index in [0.717, 1.165) is 43.9 Å². The fraction of sp³-hybridized carbons (Fsp3) is 0.667. The molecule has 1 saturated carbocycles. The van der Waals surface area contributed by atoms with Gasteiger partial charge in [0.2, 0.25) is 10.0 Å². The number of ether oxygens (including phenoxy) is 2. The molecular weight excluding hydrogens is 428 g/mol. The van der Waals surface area contributed by atoms with Crippen LogP contribution >= 0.6 is 11.6 Å². The van der Waals surface area contributed by atoms with Gasteiger partial charge in [0.25, 0.3) is 5.91 Å². The summed E-state index contributed by atoms with van der Waals surface area (Å²) in [7, 11) is -3.39. The van der Waals surface area contributed by atoms with E-state index in [1.165, 1.54) is 0 Å². The number of fused-ring (bicyclic) bond motifs is 5. The van der Waals surface area contributed by atoms with Crippen LogP contribution in [-0.2, 0) is 19.6 Å². The van der Waals surface area contributed by atoms with Gasteiger partial charge in [-0.15, -0.1) is 0 Å². The third-order valence-electron chi connectivity index (χ3n) is 6.40. The molecule has 166 valence electrons. The van der Waals surface area contributed by atoms with Gasteiger partial charge >= 0.3 is 0 Å². The van der Waals surface area contributed by atoms with Crippen LogP contribution in [0.4, 0.5) is 0 Å². The minimum atomic E-state index is -3.39. The van der Waals surface area contributed by atoms with Crippen LogP contribution in [0.2, 0.25) is 5.02 Å². The Bertz CT molecular complexity index is 885. The zero-order valence-electron chi connectivity index (χ0n) is 17.2. The second kappa shape index (κ2) is 9.02. The number of carbonyl (C=O) groups excluding carboxylic acids is 1. The Hall–Kier alpha value is -1.35. The lowest BCUT2D eigenvalue weighted by Crippen LogP contribution is -2.59. The van der Waals surface area contributed by atoms with E-state index in [1.807, 2.05) is 12.1 Å². The number of carbonyl (C=O) groups is 1. The van der Waals surface area contributed by atoms with Crippen LogP contribution in [0, 0.1) is 0 Å². The number of piperidine rings is 1. The molecule has 2 fully saturated rings. The Labute approximate surface area is 183 Å². The standard InChI is InChI=1S/C21H29ClN2O5S/c1-30(26,27)23-18-3-2-10-24-19(18)12-28-16-7-4-14(5-8-16)17-11-15(22)6-9-20(17)29-13-21(24)25/h6,9,11,14,16,18-19,23H,2-5,7-8,10,12-13H2,1H3/t14?,16?,18-,19?/m0/s1. The number of nitrogens with one attached hydrogen (secondary N) is 1. The Morgan fingerprint density at radius 3 is 2.67 bits per heavy atom. The van der Waals surface area contributed by atoms with Gasteiger partial charge in [-0.3, -0.25) is 4.79 Å². The first-order chi connectivity index (χ1) is 14.3. The molecule has 7 nitrogen and oxygen atoms in total. The zero-order valence-corrected chi connectivity index (χ0v) is 18.8. The molecule has 0 spiro atoms. The fourth-order valence-corrected chi connectivity index (χ4v) is 5.96. The predicted octanol–water partition coefficient (Wildman–Crippen LogP) is 2.68. The third kappa shape index (κ3) is 5.10. The average Bonchev–Trinajstić information content (AvgIpc) is 2.71. The Kier molecular flexibility index (Phi) is 6.58. The monoisotopic (exact) mass is 456 g/mol. The van der Waals surface area contributed by atoms with Crippen LogP contribution in [0.15, 0.2) is 18.2 Å². The summed E-state index contributed by atoms with van der Waals surface area (Å²) in [5, 5.41) is 0.664. The maximum atomic E-state index is 13.1. The number of amides is 1. The summed E-state index contributed by atoms with van der Waals surface area (Å²) in [6.45, 7) is 0.804. The molecule has 1 aromatic rings. The highest BCUT2D eigenvalue weighted by Crippen LogP contribution is 2.40. The molecule has 2 atom stereocenters. The van der Waals surface area contributed by atoms with Gasteiger partial charge < -0.3 is 14.4 Å². The highest BCUT2D eigenvalue weighted by molar-refractivity contribution is 7.88. The molecular formula is C21H29ClN2O5S. The maximum Gasteiger partial charge on any atom is 0.260 e. The minimum Gasteiger partial charge on any atom is -0.483 e. The summed E-state index contributed by atoms with van der Waals surface area (Å²) < 4.78 is 38.7. The van der Waals surface area contributed by atoms with E-state index in [0.29, 0.717) is 36.3 Å². The second-order valence-electron chi connectivity index (χ2n) is 8.57. The zero-order chi connectivity index (χ0) is 21.3. The smallest absolute Gasteiger partial charge is 0.260 e. The summed E-state index contributed by atoms with van der Waals surface area (Å²) in [6, 6.07) is 4.88. The third-order valence-corrected chi connectivity index (χ3v) is 7.37. The summed E-state index contributed by atoms with van der Waals surface area (Å²) in [6.07, 6.45) is 6.45. The van der Waals surface area contributed by atoms with Crippen LogP contribution in [0.1, 0.15) is 50.0 Å². The van der Waals surface area contributed by atoms with Crippen molar-refractivity contribution in [3.05, 3.63) is 28.8 Å². The van der Waals surface area contributed by atoms with Crippen molar-refractivity contribution < 1.29 is 22.7 Å². The van der Waals surface area contributed by atoms with E-state index in [-0.39, 0.29) is 30.7 Å². The quantitative estimate of drug-likeness (QED) is 0.739. The van der Waals surface area contributed by atoms with Gasteiger partial charge in [-0.05, 0) is 68.2 Å². The van der Waals surface area contributed by atoms with Crippen molar-refractivity contribution in [1.82, 2.24) is 9.62 Å². The Morgan fingerprint density at radius 2 is 1.93 bits per heavy atom. The number of hydrogen-bond donors (Lipinski definition) is 1. The number of hydrogen-bond acceptors (Lipinski definition) is 5. The molecule has 9 heteroatoms. The van der Waals surface area contributed by atoms with E-state index in [9.17, 15) is 13.2 Å². The topological polar surface area (TPSA) is 84.9 Å². The first-order valence-electron chi connectivity index (χ1n) is 10.6. The van der Waals surface area contributed by atoms with Crippen LogP contribution < -0.4 is 9.46 Å². The Morgan fingerprint density at radius 1 is 1.17 bits per heavy atom. The van der Waals surface area contributed by atoms with Gasteiger partial charge in [0.05, 0.1) is 25.0 Å². The molecule has 1 aliphatic carbocycles. The van der Waals surface area contributed by atoms with E-state index in [1.54, 1.807) is 11.0 Å². The number of sulfonamides is 1. The maximum absolute atomic E-state index is 13.1. The molecule has 1 N–H and O–H groups in total. The molecule has 1 saturated heterocycles. The van der Waals surface area contributed by atoms with E-state index in [4.69, 9.17) is 21.1 Å². The lowest BCUT2D eigenvalue weighted by molar-refractivity contribution is -0.140. The summed E-state index contributed by atoms with van der Waals surface area (Å²) >= 11 is 6.24. The van der Waals surface area contributed by atoms with E-state index in [2.05, 4.69) is 4.72 Å². The molecule has 2 bridgehead atoms. The van der Waals surface area contributed by atoms with Crippen molar-refractivity contribution >= 4 is 27.5 Å². The highest BCUT2D eigenvalue weighted by Gasteiger charge is 2.37. The van der Waals surface area contributed by atoms with Crippen LogP contribution in [0.25, 0.3) is 0 Å². The van der Waals surface area contributed by atoms with Gasteiger partial charge in [0.15, 0.2) is 6.61 Å². The van der Waals surface area contributed by atoms with Crippen molar-refractivity contribution in [3.63, 3.8) is 0 Å². The van der Waals surface area contributed by atoms with Crippen LogP contribution in [0.5, 0.6) is 5.75 Å². The normalized spacial score (nSPS) is 30.3. The Balaban J connectivity index is 1.62. The van der Waals surface area contributed by atoms with Gasteiger partial charge in [-0.2, -0.15) is 0 Å². The molecule has 3 heterocycles. The molecule has 0 radical (unpaired) electrons. The first kappa shape index (κ1) is 21.9. The van der Waals surface area contributed by atoms with Crippen molar-refractivity contribution in [2.24, 2.45) is 0 Å². The molecule has 1 unspecified atom stereocenters. The lowest BCUT2D eigenvalue weighted by atomic mass is 9.82. The number of nitrogens with zero attached hydrogens (tertiary/aromatic N) is 1. The van der Waals surface area contributed by atoms with Gasteiger partial charge in [-0.1, -0.05) is 11.6 Å². The number of halogens is 1. The summed E-state index contributed by atoms with van der Waals surface area (Å²) in [5.74, 6) is 0.878. The molecule has 5 rings (SSSR count). The molecule has 4 aliphatic rings. The minimum absolute atomic E-state index is 0.0904. The number of rotatable bonds is 2. The van der Waals surface area contributed by atoms with Crippen LogP contribution in [0.3, 0.4) is 0 Å². The molecule has 30 heavy (non-hydrogen) atoms. The van der Waals surface area contributed by atoms with Crippen LogP contribution in [-0.4, -0.2) is 63.4 Å². The van der Waals surface area contributed by atoms with Gasteiger partial charge in [0, 0.05) is 17.6 Å². The molecule has 0 aromatic heterocycles. The largest absolute Gasteiger partial charge is 0.483 e. The van der Waals surface area contributed by atoms with Crippen molar-refractivity contribution in [2.75, 3.05) is 26.0 Å². The van der Waals surface area contributed by atoms with E-state index >= 15 is 0 Å². The van der Waals surface area contributed by atoms with Crippen molar-refractivity contribution in [1.29, 1.82) is 0 Å². The van der Waals surface area contributed by atoms with Gasteiger partial charge in [0.1, 0.15) is 5.75 Å². The predicted molar refractivity (Wildman–Crippen MR) is 114 cm³/mol. The lowest BCUT2D eigenvalue weighted by Gasteiger charge is -2.41. The first-order valence-corrected chi connectivity index (χ1v) is 12.9. The van der Waals surface area contributed by atoms with Crippen molar-refractivity contribution in [2.45, 2.75) is 62.6 Å². The van der Waals surface area contributed by atoms with Crippen molar-refractivity contribution in [3.8, 4) is 5.75 Å². The second-order valence-corrected chi connectivity index (χ2v) is 10.8. The number of benzene rings is 1. The average molecular weight is 457 g/mol. The SMILES string of the molecule is CS(=O)(=O)N[C@H]1CCCN2C(=O)COc3ccc(Cl)cc3C3CCC(CC3)OCC12. The van der Waals surface area contributed by atoms with Gasteiger partial charge in [-0.25, -0.2) is 13.1 Å². The summed E-state index contributed by atoms with van der Waals surface area (Å²) in [4.78, 5) is 14.8. The fourth-order valence-electron chi connectivity index (χ4n) is 4.95. The molecule has 1 aromatic carbocycles. The highest BCUT2D eigenvalue weighted by atomic mass is 35.5. The van der Waals surface area contributed by atoms with E-state index < -0.39 is 10.0 Å². The molecule has 1 amide bonds. The molecule has 3 aliphatic heterocycles.